The van der Waals surface area contributed by atoms with Crippen LogP contribution < -0.4 is 5.32 Å². The smallest absolute Gasteiger partial charge is 0.320 e. The molecular formula is C5H9NO2. The second-order valence-electron chi connectivity index (χ2n) is 1.46. The monoisotopic (exact) mass is 119 g/mol. The third-order valence-electron chi connectivity index (χ3n) is 0.877. The standard InChI is InChI=1S/C5H9NO2/c7-5(8)4-2-1-3-6-4/h4,6H,1-3H2,(H,7,8)/t4-/m0/s1/i1D,2D,3D2/t1-,2-,4-. The summed E-state index contributed by atoms with van der Waals surface area (Å²) in [6.45, 7) is -2.07. The molecule has 0 aromatic carbocycles. The second kappa shape index (κ2) is 2.13. The van der Waals surface area contributed by atoms with Crippen LogP contribution in [0.1, 0.15) is 18.3 Å². The van der Waals surface area contributed by atoms with Crippen molar-refractivity contribution in [1.82, 2.24) is 5.32 Å². The van der Waals surface area contributed by atoms with Crippen LogP contribution in [0.3, 0.4) is 0 Å². The highest BCUT2D eigenvalue weighted by Crippen LogP contribution is 2.03. The number of hydrogen-bond acceptors (Lipinski definition) is 2. The first kappa shape index (κ1) is 2.35. The van der Waals surface area contributed by atoms with Gasteiger partial charge >= 0.3 is 5.97 Å². The number of carboxylic acid groups (broad SMARTS) is 1. The van der Waals surface area contributed by atoms with E-state index in [1.165, 1.54) is 0 Å². The Hall–Kier alpha value is -0.570. The Balaban J connectivity index is 2.81. The van der Waals surface area contributed by atoms with Crippen LogP contribution in [0, 0.1) is 0 Å². The lowest BCUT2D eigenvalue weighted by Crippen LogP contribution is -2.29. The molecule has 3 heteroatoms. The van der Waals surface area contributed by atoms with Gasteiger partial charge in [-0.15, -0.1) is 0 Å². The van der Waals surface area contributed by atoms with E-state index in [-0.39, 0.29) is 0 Å². The minimum atomic E-state index is -2.07. The van der Waals surface area contributed by atoms with Gasteiger partial charge in [-0.2, -0.15) is 0 Å². The zero-order chi connectivity index (χ0) is 9.52. The molecule has 1 saturated heterocycles. The maximum atomic E-state index is 10.4. The van der Waals surface area contributed by atoms with Gasteiger partial charge in [-0.05, 0) is 19.3 Å². The number of nitrogens with one attached hydrogen (secondary N) is 1. The minimum absolute atomic E-state index is 1.25. The number of carbonyl (C=O) groups is 1. The summed E-state index contributed by atoms with van der Waals surface area (Å²) in [5.74, 6) is -1.28. The maximum absolute atomic E-state index is 10.4. The Bertz CT molecular complexity index is 210. The molecule has 1 aliphatic rings. The molecule has 0 amide bonds. The van der Waals surface area contributed by atoms with Crippen LogP contribution in [0.4, 0.5) is 0 Å². The normalized spacial score (nSPS) is 60.2. The minimum Gasteiger partial charge on any atom is -0.480 e. The van der Waals surface area contributed by atoms with Crippen molar-refractivity contribution in [2.45, 2.75) is 18.8 Å². The lowest BCUT2D eigenvalue weighted by Gasteiger charge is -1.99. The van der Waals surface area contributed by atoms with Gasteiger partial charge in [0.05, 0.1) is 0 Å². The van der Waals surface area contributed by atoms with Gasteiger partial charge in [0.2, 0.25) is 0 Å². The molecule has 3 nitrogen and oxygen atoms in total. The average molecular weight is 119 g/mol. The zero-order valence-corrected chi connectivity index (χ0v) is 4.09. The molecule has 1 heterocycles. The van der Waals surface area contributed by atoms with E-state index in [2.05, 4.69) is 5.32 Å². The molecule has 0 aromatic rings. The average Bonchev–Trinajstić information content (AvgIpc) is 2.14. The summed E-state index contributed by atoms with van der Waals surface area (Å²) in [6.07, 6.45) is -2.60. The van der Waals surface area contributed by atoms with Gasteiger partial charge in [0.1, 0.15) is 6.04 Å². The molecule has 0 bridgehead atoms. The predicted octanol–water partition coefficient (Wildman–Crippen LogP) is -0.177. The van der Waals surface area contributed by atoms with Gasteiger partial charge in [-0.25, -0.2) is 0 Å². The Morgan fingerprint density at radius 3 is 3.00 bits per heavy atom. The summed E-state index contributed by atoms with van der Waals surface area (Å²) in [5.41, 5.74) is 0. The van der Waals surface area contributed by atoms with Crippen LogP contribution in [0.25, 0.3) is 0 Å². The highest BCUT2D eigenvalue weighted by atomic mass is 16.4. The molecule has 1 rings (SSSR count). The molecule has 3 atom stereocenters. The Morgan fingerprint density at radius 1 is 2.00 bits per heavy atom. The summed E-state index contributed by atoms with van der Waals surface area (Å²) in [6, 6.07) is -1.28. The fraction of sp³-hybridized carbons (Fsp3) is 0.800. The van der Waals surface area contributed by atoms with Crippen LogP contribution in [0.15, 0.2) is 0 Å². The van der Waals surface area contributed by atoms with Gasteiger partial charge < -0.3 is 10.4 Å². The van der Waals surface area contributed by atoms with E-state index < -0.39 is 31.3 Å². The van der Waals surface area contributed by atoms with Gasteiger partial charge in [-0.3, -0.25) is 4.79 Å². The van der Waals surface area contributed by atoms with E-state index >= 15 is 0 Å². The largest absolute Gasteiger partial charge is 0.480 e. The molecule has 46 valence electrons. The Morgan fingerprint density at radius 2 is 2.75 bits per heavy atom. The van der Waals surface area contributed by atoms with Crippen molar-refractivity contribution in [2.24, 2.45) is 0 Å². The highest BCUT2D eigenvalue weighted by Gasteiger charge is 2.20. The fourth-order valence-electron chi connectivity index (χ4n) is 0.474. The molecule has 2 N–H and O–H groups in total. The van der Waals surface area contributed by atoms with Crippen molar-refractivity contribution >= 4 is 5.97 Å². The van der Waals surface area contributed by atoms with Crippen LogP contribution in [0.5, 0.6) is 0 Å². The van der Waals surface area contributed by atoms with E-state index in [1.54, 1.807) is 0 Å². The summed E-state index contributed by atoms with van der Waals surface area (Å²) >= 11 is 0. The van der Waals surface area contributed by atoms with Crippen LogP contribution in [0.2, 0.25) is 0 Å². The van der Waals surface area contributed by atoms with E-state index in [0.29, 0.717) is 0 Å². The van der Waals surface area contributed by atoms with E-state index in [1.807, 2.05) is 0 Å². The molecule has 8 heavy (non-hydrogen) atoms. The van der Waals surface area contributed by atoms with E-state index in [0.717, 1.165) is 0 Å². The number of carboxylic acids is 1. The van der Waals surface area contributed by atoms with E-state index in [4.69, 9.17) is 10.6 Å². The second-order valence-corrected chi connectivity index (χ2v) is 1.46. The topological polar surface area (TPSA) is 49.3 Å². The first-order valence-corrected chi connectivity index (χ1v) is 2.21. The quantitative estimate of drug-likeness (QED) is 0.503. The van der Waals surface area contributed by atoms with Gasteiger partial charge in [0.25, 0.3) is 0 Å². The lowest BCUT2D eigenvalue weighted by molar-refractivity contribution is -0.139. The van der Waals surface area contributed by atoms with Crippen molar-refractivity contribution in [3.05, 3.63) is 0 Å². The predicted molar refractivity (Wildman–Crippen MR) is 28.7 cm³/mol. The lowest BCUT2D eigenvalue weighted by atomic mass is 10.2. The number of rotatable bonds is 1. The van der Waals surface area contributed by atoms with Crippen molar-refractivity contribution < 1.29 is 15.4 Å². The molecular weight excluding hydrogens is 106 g/mol. The molecule has 1 aliphatic heterocycles. The van der Waals surface area contributed by atoms with Crippen molar-refractivity contribution in [1.29, 1.82) is 0 Å². The van der Waals surface area contributed by atoms with Crippen molar-refractivity contribution in [3.63, 3.8) is 0 Å². The molecule has 1 fully saturated rings. The van der Waals surface area contributed by atoms with Crippen LogP contribution in [-0.4, -0.2) is 23.6 Å². The summed E-state index contributed by atoms with van der Waals surface area (Å²) in [7, 11) is 0. The first-order valence-electron chi connectivity index (χ1n) is 4.37. The number of hydrogen-bond donors (Lipinski definition) is 2. The molecule has 0 saturated carbocycles. The maximum Gasteiger partial charge on any atom is 0.320 e. The molecule has 0 spiro atoms. The molecule has 0 radical (unpaired) electrons. The Kier molecular flexibility index (Phi) is 0.627. The fourth-order valence-corrected chi connectivity index (χ4v) is 0.474. The summed E-state index contributed by atoms with van der Waals surface area (Å²) in [5, 5.41) is 10.6. The van der Waals surface area contributed by atoms with Crippen LogP contribution in [-0.2, 0) is 4.79 Å². The van der Waals surface area contributed by atoms with Gasteiger partial charge in [0.15, 0.2) is 0 Å². The zero-order valence-electron chi connectivity index (χ0n) is 8.09. The first-order chi connectivity index (χ1) is 5.36. The third-order valence-corrected chi connectivity index (χ3v) is 0.877. The number of aliphatic carboxylic acids is 1. The van der Waals surface area contributed by atoms with Gasteiger partial charge in [-0.1, -0.05) is 0 Å². The SMILES string of the molecule is [2H][C@@H]1[C@@H](C(=O)O)NC([2H])([2H])[C@H]1[2H]. The molecule has 0 aliphatic carbocycles. The third kappa shape index (κ3) is 0.980. The summed E-state index contributed by atoms with van der Waals surface area (Å²) in [4.78, 5) is 10.4. The highest BCUT2D eigenvalue weighted by molar-refractivity contribution is 5.73. The van der Waals surface area contributed by atoms with Crippen LogP contribution >= 0.6 is 0 Å². The van der Waals surface area contributed by atoms with Crippen molar-refractivity contribution in [3.8, 4) is 0 Å². The van der Waals surface area contributed by atoms with Gasteiger partial charge in [0, 0.05) is 5.48 Å². The Labute approximate surface area is 53.3 Å². The summed E-state index contributed by atoms with van der Waals surface area (Å²) < 4.78 is 28.6. The van der Waals surface area contributed by atoms with Crippen molar-refractivity contribution in [2.75, 3.05) is 6.50 Å². The van der Waals surface area contributed by atoms with E-state index in [9.17, 15) is 4.79 Å². The molecule has 0 aromatic heterocycles. The molecule has 0 unspecified atom stereocenters.